The number of methoxy groups -OCH3 is 1. The fraction of sp³-hybridized carbons (Fsp3) is 0.133. The molecule has 0 N–H and O–H groups in total. The largest absolute Gasteiger partial charge is 0.497 e. The van der Waals surface area contributed by atoms with Crippen molar-refractivity contribution >= 4 is 44.2 Å². The number of hydrogen-bond donors (Lipinski definition) is 0. The molecule has 23 heavy (non-hydrogen) atoms. The van der Waals surface area contributed by atoms with E-state index in [1.165, 1.54) is 37.4 Å². The smallest absolute Gasteiger partial charge is 0.264 e. The zero-order valence-corrected chi connectivity index (χ0v) is 14.4. The molecule has 2 rings (SSSR count). The Hall–Kier alpha value is -1.76. The summed E-state index contributed by atoms with van der Waals surface area (Å²) in [5, 5.41) is -0.393. The Morgan fingerprint density at radius 2 is 1.83 bits per heavy atom. The van der Waals surface area contributed by atoms with E-state index in [4.69, 9.17) is 27.9 Å². The Morgan fingerprint density at radius 3 is 2.39 bits per heavy atom. The number of halogens is 2. The monoisotopic (exact) mass is 373 g/mol. The molecular formula is C15H13Cl2NO4S. The van der Waals surface area contributed by atoms with Crippen LogP contribution in [0.1, 0.15) is 0 Å². The van der Waals surface area contributed by atoms with Crippen molar-refractivity contribution < 1.29 is 17.9 Å². The van der Waals surface area contributed by atoms with Gasteiger partial charge in [-0.25, -0.2) is 8.42 Å². The van der Waals surface area contributed by atoms with Gasteiger partial charge in [-0.1, -0.05) is 17.7 Å². The van der Waals surface area contributed by atoms with Crippen molar-refractivity contribution in [1.82, 2.24) is 0 Å². The third-order valence-electron chi connectivity index (χ3n) is 3.01. The molecule has 0 heterocycles. The SMILES string of the molecule is COc1cccc(N(CC(=O)Cl)S(=O)(=O)c2ccc(Cl)cc2)c1. The van der Waals surface area contributed by atoms with Crippen molar-refractivity contribution in [3.63, 3.8) is 0 Å². The molecule has 0 unspecified atom stereocenters. The van der Waals surface area contributed by atoms with Crippen molar-refractivity contribution in [1.29, 1.82) is 0 Å². The molecular weight excluding hydrogens is 361 g/mol. The van der Waals surface area contributed by atoms with Gasteiger partial charge in [0.2, 0.25) is 5.24 Å². The second-order valence-electron chi connectivity index (χ2n) is 4.52. The lowest BCUT2D eigenvalue weighted by Gasteiger charge is -2.23. The van der Waals surface area contributed by atoms with E-state index in [0.29, 0.717) is 10.8 Å². The summed E-state index contributed by atoms with van der Waals surface area (Å²) in [6.45, 7) is -0.500. The third kappa shape index (κ3) is 4.16. The van der Waals surface area contributed by atoms with Crippen LogP contribution >= 0.6 is 23.2 Å². The normalized spacial score (nSPS) is 11.1. The van der Waals surface area contributed by atoms with Crippen LogP contribution in [0, 0.1) is 0 Å². The summed E-state index contributed by atoms with van der Waals surface area (Å²) in [7, 11) is -2.51. The van der Waals surface area contributed by atoms with Crippen LogP contribution in [0.25, 0.3) is 0 Å². The zero-order chi connectivity index (χ0) is 17.0. The lowest BCUT2D eigenvalue weighted by Crippen LogP contribution is -2.34. The number of nitrogens with zero attached hydrogens (tertiary/aromatic N) is 1. The van der Waals surface area contributed by atoms with Crippen LogP contribution in [0.2, 0.25) is 5.02 Å². The average molecular weight is 374 g/mol. The molecule has 0 fully saturated rings. The van der Waals surface area contributed by atoms with Gasteiger partial charge in [0.25, 0.3) is 10.0 Å². The van der Waals surface area contributed by atoms with Gasteiger partial charge in [0.1, 0.15) is 12.3 Å². The second kappa shape index (κ2) is 7.21. The highest BCUT2D eigenvalue weighted by Crippen LogP contribution is 2.27. The van der Waals surface area contributed by atoms with Crippen LogP contribution in [0.4, 0.5) is 5.69 Å². The van der Waals surface area contributed by atoms with Crippen LogP contribution in [-0.2, 0) is 14.8 Å². The lowest BCUT2D eigenvalue weighted by molar-refractivity contribution is -0.110. The molecule has 0 spiro atoms. The van der Waals surface area contributed by atoms with Crippen LogP contribution < -0.4 is 9.04 Å². The van der Waals surface area contributed by atoms with Crippen molar-refractivity contribution in [3.8, 4) is 5.75 Å². The van der Waals surface area contributed by atoms with Crippen LogP contribution in [0.5, 0.6) is 5.75 Å². The molecule has 0 aliphatic heterocycles. The van der Waals surface area contributed by atoms with Crippen molar-refractivity contribution in [3.05, 3.63) is 53.6 Å². The molecule has 122 valence electrons. The van der Waals surface area contributed by atoms with Gasteiger partial charge >= 0.3 is 0 Å². The van der Waals surface area contributed by atoms with E-state index in [9.17, 15) is 13.2 Å². The van der Waals surface area contributed by atoms with Crippen LogP contribution in [0.3, 0.4) is 0 Å². The Labute approximate surface area is 144 Å². The first-order valence-electron chi connectivity index (χ1n) is 6.45. The number of benzene rings is 2. The number of carbonyl (C=O) groups is 1. The first-order chi connectivity index (χ1) is 10.8. The zero-order valence-electron chi connectivity index (χ0n) is 12.1. The molecule has 0 amide bonds. The Bertz CT molecular complexity index is 806. The highest BCUT2D eigenvalue weighted by atomic mass is 35.5. The van der Waals surface area contributed by atoms with Crippen molar-refractivity contribution in [2.45, 2.75) is 4.90 Å². The summed E-state index contributed by atoms with van der Waals surface area (Å²) in [6, 6.07) is 12.0. The molecule has 5 nitrogen and oxygen atoms in total. The second-order valence-corrected chi connectivity index (χ2v) is 7.24. The molecule has 0 bridgehead atoms. The Balaban J connectivity index is 2.52. The number of anilines is 1. The molecule has 2 aromatic rings. The van der Waals surface area contributed by atoms with Gasteiger partial charge in [-0.2, -0.15) is 0 Å². The number of rotatable bonds is 6. The minimum Gasteiger partial charge on any atom is -0.497 e. The molecule has 8 heteroatoms. The summed E-state index contributed by atoms with van der Waals surface area (Å²) in [5.74, 6) is 0.459. The molecule has 0 radical (unpaired) electrons. The van der Waals surface area contributed by atoms with Gasteiger partial charge in [-0.05, 0) is 48.0 Å². The van der Waals surface area contributed by atoms with Gasteiger partial charge < -0.3 is 4.74 Å². The molecule has 0 aliphatic rings. The van der Waals surface area contributed by atoms with E-state index in [0.717, 1.165) is 4.31 Å². The predicted molar refractivity (Wildman–Crippen MR) is 89.8 cm³/mol. The summed E-state index contributed by atoms with van der Waals surface area (Å²) < 4.78 is 31.6. The maximum Gasteiger partial charge on any atom is 0.264 e. The standard InChI is InChI=1S/C15H13Cl2NO4S/c1-22-13-4-2-3-12(9-13)18(10-15(17)19)23(20,21)14-7-5-11(16)6-8-14/h2-9H,10H2,1H3. The van der Waals surface area contributed by atoms with Crippen LogP contribution in [0.15, 0.2) is 53.4 Å². The molecule has 0 atom stereocenters. The number of hydrogen-bond acceptors (Lipinski definition) is 4. The average Bonchev–Trinajstić information content (AvgIpc) is 2.52. The molecule has 0 saturated heterocycles. The molecule has 2 aromatic carbocycles. The van der Waals surface area contributed by atoms with Gasteiger partial charge in [0, 0.05) is 11.1 Å². The minimum atomic E-state index is -3.98. The van der Waals surface area contributed by atoms with Gasteiger partial charge in [-0.15, -0.1) is 0 Å². The van der Waals surface area contributed by atoms with Crippen LogP contribution in [-0.4, -0.2) is 27.3 Å². The fourth-order valence-electron chi connectivity index (χ4n) is 1.93. The molecule has 0 saturated carbocycles. The molecule has 0 aliphatic carbocycles. The van der Waals surface area contributed by atoms with E-state index in [-0.39, 0.29) is 10.6 Å². The summed E-state index contributed by atoms with van der Waals surface area (Å²) in [5.41, 5.74) is 0.272. The summed E-state index contributed by atoms with van der Waals surface area (Å²) in [4.78, 5) is 11.3. The van der Waals surface area contributed by atoms with E-state index in [2.05, 4.69) is 0 Å². The Kier molecular flexibility index (Phi) is 5.51. The van der Waals surface area contributed by atoms with Gasteiger partial charge in [-0.3, -0.25) is 9.10 Å². The summed E-state index contributed by atoms with van der Waals surface area (Å²) in [6.07, 6.45) is 0. The third-order valence-corrected chi connectivity index (χ3v) is 5.17. The summed E-state index contributed by atoms with van der Waals surface area (Å²) >= 11 is 11.2. The molecule has 0 aromatic heterocycles. The maximum absolute atomic E-state index is 12.8. The van der Waals surface area contributed by atoms with E-state index >= 15 is 0 Å². The lowest BCUT2D eigenvalue weighted by atomic mass is 10.3. The highest BCUT2D eigenvalue weighted by molar-refractivity contribution is 7.92. The van der Waals surface area contributed by atoms with Gasteiger partial charge in [0.05, 0.1) is 17.7 Å². The number of sulfonamides is 1. The number of ether oxygens (including phenoxy) is 1. The van der Waals surface area contributed by atoms with Crippen molar-refractivity contribution in [2.75, 3.05) is 18.0 Å². The van der Waals surface area contributed by atoms with Gasteiger partial charge in [0.15, 0.2) is 0 Å². The fourth-order valence-corrected chi connectivity index (χ4v) is 3.66. The highest BCUT2D eigenvalue weighted by Gasteiger charge is 2.27. The minimum absolute atomic E-state index is 0.00244. The Morgan fingerprint density at radius 1 is 1.17 bits per heavy atom. The first kappa shape index (κ1) is 17.6. The van der Waals surface area contributed by atoms with E-state index in [1.54, 1.807) is 18.2 Å². The van der Waals surface area contributed by atoms with E-state index in [1.807, 2.05) is 0 Å². The van der Waals surface area contributed by atoms with Crippen molar-refractivity contribution in [2.24, 2.45) is 0 Å². The quantitative estimate of drug-likeness (QED) is 0.728. The first-order valence-corrected chi connectivity index (χ1v) is 8.65. The maximum atomic E-state index is 12.8. The predicted octanol–water partition coefficient (Wildman–Crippen LogP) is 3.31. The van der Waals surface area contributed by atoms with E-state index < -0.39 is 21.8 Å². The number of carbonyl (C=O) groups excluding carboxylic acids is 1. The topological polar surface area (TPSA) is 63.7 Å².